The molecule has 3 N–H and O–H groups in total. The second-order valence-electron chi connectivity index (χ2n) is 3.93. The molecule has 0 aromatic rings. The van der Waals surface area contributed by atoms with Crippen LogP contribution in [0.4, 0.5) is 0 Å². The highest BCUT2D eigenvalue weighted by atomic mass is 16.3. The van der Waals surface area contributed by atoms with E-state index in [4.69, 9.17) is 0 Å². The Labute approximate surface area is 80.9 Å². The predicted molar refractivity (Wildman–Crippen MR) is 54.8 cm³/mol. The smallest absolute Gasteiger partial charge is 0.0662 e. The fraction of sp³-hybridized carbons (Fsp3) is 1.00. The number of hydrogen-bond acceptors (Lipinski definition) is 3. The number of hydrogen-bond donors (Lipinski definition) is 3. The summed E-state index contributed by atoms with van der Waals surface area (Å²) in [6.07, 6.45) is 3.29. The SMILES string of the molecule is CC[C@H](O)CNC[C@H]1CCCNC1. The van der Waals surface area contributed by atoms with Crippen LogP contribution in [0.5, 0.6) is 0 Å². The minimum Gasteiger partial charge on any atom is -0.392 e. The maximum Gasteiger partial charge on any atom is 0.0662 e. The molecule has 13 heavy (non-hydrogen) atoms. The summed E-state index contributed by atoms with van der Waals surface area (Å²) in [5.41, 5.74) is 0. The van der Waals surface area contributed by atoms with E-state index in [1.165, 1.54) is 19.4 Å². The summed E-state index contributed by atoms with van der Waals surface area (Å²) in [6, 6.07) is 0. The molecular weight excluding hydrogens is 164 g/mol. The van der Waals surface area contributed by atoms with Crippen molar-refractivity contribution in [1.29, 1.82) is 0 Å². The van der Waals surface area contributed by atoms with E-state index in [2.05, 4.69) is 10.6 Å². The summed E-state index contributed by atoms with van der Waals surface area (Å²) in [4.78, 5) is 0. The van der Waals surface area contributed by atoms with Crippen LogP contribution in [0.3, 0.4) is 0 Å². The van der Waals surface area contributed by atoms with Crippen LogP contribution in [-0.2, 0) is 0 Å². The van der Waals surface area contributed by atoms with Crippen molar-refractivity contribution in [3.05, 3.63) is 0 Å². The molecular formula is C10H22N2O. The standard InChI is InChI=1S/C10H22N2O/c1-2-10(13)8-12-7-9-4-3-5-11-6-9/h9-13H,2-8H2,1H3/t9-,10-/m0/s1. The average molecular weight is 186 g/mol. The van der Waals surface area contributed by atoms with E-state index in [1.807, 2.05) is 6.92 Å². The molecule has 0 radical (unpaired) electrons. The fourth-order valence-corrected chi connectivity index (χ4v) is 1.70. The molecule has 1 aliphatic heterocycles. The molecule has 0 bridgehead atoms. The second-order valence-corrected chi connectivity index (χ2v) is 3.93. The second kappa shape index (κ2) is 6.35. The van der Waals surface area contributed by atoms with Gasteiger partial charge >= 0.3 is 0 Å². The van der Waals surface area contributed by atoms with Crippen molar-refractivity contribution >= 4 is 0 Å². The quantitative estimate of drug-likeness (QED) is 0.580. The first-order chi connectivity index (χ1) is 6.33. The molecule has 0 aromatic carbocycles. The summed E-state index contributed by atoms with van der Waals surface area (Å²) in [7, 11) is 0. The van der Waals surface area contributed by atoms with Crippen LogP contribution in [0.15, 0.2) is 0 Å². The first-order valence-electron chi connectivity index (χ1n) is 5.42. The highest BCUT2D eigenvalue weighted by molar-refractivity contribution is 4.71. The van der Waals surface area contributed by atoms with Gasteiger partial charge in [0.15, 0.2) is 0 Å². The highest BCUT2D eigenvalue weighted by Crippen LogP contribution is 2.07. The molecule has 0 aromatic heterocycles. The van der Waals surface area contributed by atoms with E-state index in [-0.39, 0.29) is 6.10 Å². The van der Waals surface area contributed by atoms with Gasteiger partial charge in [0.25, 0.3) is 0 Å². The summed E-state index contributed by atoms with van der Waals surface area (Å²) in [5.74, 6) is 0.762. The lowest BCUT2D eigenvalue weighted by molar-refractivity contribution is 0.164. The van der Waals surface area contributed by atoms with Gasteiger partial charge in [0.2, 0.25) is 0 Å². The van der Waals surface area contributed by atoms with Crippen LogP contribution in [-0.4, -0.2) is 37.4 Å². The first-order valence-corrected chi connectivity index (χ1v) is 5.42. The van der Waals surface area contributed by atoms with Gasteiger partial charge in [-0.3, -0.25) is 0 Å². The van der Waals surface area contributed by atoms with E-state index in [1.54, 1.807) is 0 Å². The number of rotatable bonds is 5. The van der Waals surface area contributed by atoms with Crippen LogP contribution in [0.25, 0.3) is 0 Å². The van der Waals surface area contributed by atoms with Crippen LogP contribution in [0.1, 0.15) is 26.2 Å². The topological polar surface area (TPSA) is 44.3 Å². The summed E-state index contributed by atoms with van der Waals surface area (Å²) >= 11 is 0. The summed E-state index contributed by atoms with van der Waals surface area (Å²) in [6.45, 7) is 6.11. The van der Waals surface area contributed by atoms with Crippen LogP contribution in [0, 0.1) is 5.92 Å². The zero-order chi connectivity index (χ0) is 9.52. The van der Waals surface area contributed by atoms with Crippen molar-refractivity contribution in [1.82, 2.24) is 10.6 Å². The maximum absolute atomic E-state index is 9.31. The molecule has 1 aliphatic rings. The van der Waals surface area contributed by atoms with E-state index in [9.17, 15) is 5.11 Å². The van der Waals surface area contributed by atoms with E-state index in [0.29, 0.717) is 0 Å². The third-order valence-corrected chi connectivity index (χ3v) is 2.68. The Morgan fingerprint density at radius 2 is 2.46 bits per heavy atom. The Morgan fingerprint density at radius 1 is 1.62 bits per heavy atom. The van der Waals surface area contributed by atoms with Gasteiger partial charge in [-0.1, -0.05) is 6.92 Å². The molecule has 78 valence electrons. The first kappa shape index (κ1) is 11.0. The molecule has 0 spiro atoms. The molecule has 3 nitrogen and oxygen atoms in total. The molecule has 3 heteroatoms. The molecule has 1 heterocycles. The minimum atomic E-state index is -0.170. The average Bonchev–Trinajstić information content (AvgIpc) is 2.19. The van der Waals surface area contributed by atoms with E-state index in [0.717, 1.165) is 32.0 Å². The van der Waals surface area contributed by atoms with Crippen molar-refractivity contribution in [2.75, 3.05) is 26.2 Å². The molecule has 1 fully saturated rings. The monoisotopic (exact) mass is 186 g/mol. The number of nitrogens with one attached hydrogen (secondary N) is 2. The molecule has 0 amide bonds. The summed E-state index contributed by atoms with van der Waals surface area (Å²) < 4.78 is 0. The number of aliphatic hydroxyl groups is 1. The molecule has 0 aliphatic carbocycles. The van der Waals surface area contributed by atoms with Gasteiger partial charge in [-0.05, 0) is 44.8 Å². The normalized spacial score (nSPS) is 25.8. The van der Waals surface area contributed by atoms with Crippen molar-refractivity contribution in [2.24, 2.45) is 5.92 Å². The van der Waals surface area contributed by atoms with Gasteiger partial charge in [-0.15, -0.1) is 0 Å². The fourth-order valence-electron chi connectivity index (χ4n) is 1.70. The predicted octanol–water partition coefficient (Wildman–Crippen LogP) is 0.346. The van der Waals surface area contributed by atoms with Crippen molar-refractivity contribution in [2.45, 2.75) is 32.3 Å². The third kappa shape index (κ3) is 4.60. The van der Waals surface area contributed by atoms with Crippen LogP contribution in [0.2, 0.25) is 0 Å². The summed E-state index contributed by atoms with van der Waals surface area (Å²) in [5, 5.41) is 16.0. The Balaban J connectivity index is 1.98. The number of piperidine rings is 1. The van der Waals surface area contributed by atoms with Crippen LogP contribution < -0.4 is 10.6 Å². The largest absolute Gasteiger partial charge is 0.392 e. The lowest BCUT2D eigenvalue weighted by Gasteiger charge is -2.23. The zero-order valence-corrected chi connectivity index (χ0v) is 8.55. The third-order valence-electron chi connectivity index (χ3n) is 2.68. The van der Waals surface area contributed by atoms with E-state index < -0.39 is 0 Å². The Kier molecular flexibility index (Phi) is 5.35. The van der Waals surface area contributed by atoms with Gasteiger partial charge in [0, 0.05) is 6.54 Å². The van der Waals surface area contributed by atoms with Crippen molar-refractivity contribution in [3.8, 4) is 0 Å². The lowest BCUT2D eigenvalue weighted by Crippen LogP contribution is -2.38. The Hall–Kier alpha value is -0.120. The van der Waals surface area contributed by atoms with E-state index >= 15 is 0 Å². The molecule has 0 unspecified atom stereocenters. The maximum atomic E-state index is 9.31. The van der Waals surface area contributed by atoms with Gasteiger partial charge < -0.3 is 15.7 Å². The molecule has 0 saturated carbocycles. The Morgan fingerprint density at radius 3 is 3.08 bits per heavy atom. The van der Waals surface area contributed by atoms with Crippen LogP contribution >= 0.6 is 0 Å². The van der Waals surface area contributed by atoms with Crippen molar-refractivity contribution in [3.63, 3.8) is 0 Å². The number of aliphatic hydroxyl groups excluding tert-OH is 1. The Bertz CT molecular complexity index is 124. The zero-order valence-electron chi connectivity index (χ0n) is 8.55. The van der Waals surface area contributed by atoms with Gasteiger partial charge in [-0.25, -0.2) is 0 Å². The van der Waals surface area contributed by atoms with Gasteiger partial charge in [0.1, 0.15) is 0 Å². The van der Waals surface area contributed by atoms with Gasteiger partial charge in [-0.2, -0.15) is 0 Å². The minimum absolute atomic E-state index is 0.170. The molecule has 2 atom stereocenters. The molecule has 1 rings (SSSR count). The lowest BCUT2D eigenvalue weighted by atomic mass is 10.00. The highest BCUT2D eigenvalue weighted by Gasteiger charge is 2.12. The van der Waals surface area contributed by atoms with Gasteiger partial charge in [0.05, 0.1) is 6.10 Å². The van der Waals surface area contributed by atoms with Crippen molar-refractivity contribution < 1.29 is 5.11 Å². The molecule has 1 saturated heterocycles.